The average molecular weight is 192 g/mol. The second kappa shape index (κ2) is 4.01. The van der Waals surface area contributed by atoms with Crippen molar-refractivity contribution in [3.63, 3.8) is 0 Å². The van der Waals surface area contributed by atoms with Gasteiger partial charge in [-0.1, -0.05) is 0 Å². The van der Waals surface area contributed by atoms with Crippen LogP contribution in [0.2, 0.25) is 0 Å². The van der Waals surface area contributed by atoms with Crippen molar-refractivity contribution in [3.8, 4) is 0 Å². The molecule has 0 aromatic rings. The third-order valence-corrected chi connectivity index (χ3v) is 1.84. The Bertz CT molecular complexity index is 193. The van der Waals surface area contributed by atoms with Crippen molar-refractivity contribution in [3.05, 3.63) is 0 Å². The fraction of sp³-hybridized carbons (Fsp3) is 0.857. The maximum atomic E-state index is 10.6. The Balaban J connectivity index is 2.53. The summed E-state index contributed by atoms with van der Waals surface area (Å²) in [7, 11) is 0. The summed E-state index contributed by atoms with van der Waals surface area (Å²) >= 11 is 0. The van der Waals surface area contributed by atoms with E-state index in [1.54, 1.807) is 6.92 Å². The summed E-state index contributed by atoms with van der Waals surface area (Å²) in [6.07, 6.45) is -4.10. The van der Waals surface area contributed by atoms with Crippen LogP contribution in [-0.4, -0.2) is 52.5 Å². The molecule has 4 atom stereocenters. The van der Waals surface area contributed by atoms with E-state index in [-0.39, 0.29) is 0 Å². The fourth-order valence-electron chi connectivity index (χ4n) is 1.17. The van der Waals surface area contributed by atoms with E-state index in [4.69, 9.17) is 14.9 Å². The van der Waals surface area contributed by atoms with E-state index in [1.165, 1.54) is 0 Å². The van der Waals surface area contributed by atoms with Gasteiger partial charge in [0.05, 0.1) is 6.10 Å². The summed E-state index contributed by atoms with van der Waals surface area (Å²) in [5.41, 5.74) is 0. The van der Waals surface area contributed by atoms with E-state index >= 15 is 0 Å². The van der Waals surface area contributed by atoms with Crippen molar-refractivity contribution < 1.29 is 29.6 Å². The highest BCUT2D eigenvalue weighted by Gasteiger charge is 2.42. The lowest BCUT2D eigenvalue weighted by molar-refractivity contribution is -0.158. The monoisotopic (exact) mass is 192 g/mol. The lowest BCUT2D eigenvalue weighted by Crippen LogP contribution is -2.36. The minimum absolute atomic E-state index is 0.583. The van der Waals surface area contributed by atoms with Crippen molar-refractivity contribution in [2.75, 3.05) is 6.61 Å². The molecule has 1 aliphatic rings. The number of esters is 1. The predicted octanol–water partition coefficient (Wildman–Crippen LogP) is -2.01. The molecule has 6 nitrogen and oxygen atoms in total. The zero-order valence-corrected chi connectivity index (χ0v) is 7.08. The molecule has 0 aromatic heterocycles. The SMILES string of the molecule is CC1OC(O)C(O)C1OC(=O)CO. The molecule has 1 aliphatic heterocycles. The standard InChI is InChI=1S/C7H12O6/c1-3-6(13-4(9)2-8)5(10)7(11)12-3/h3,5-8,10-11H,2H2,1H3. The van der Waals surface area contributed by atoms with Crippen LogP contribution in [0.3, 0.4) is 0 Å². The van der Waals surface area contributed by atoms with Crippen molar-refractivity contribution >= 4 is 5.97 Å². The van der Waals surface area contributed by atoms with Gasteiger partial charge in [0.1, 0.15) is 12.7 Å². The smallest absolute Gasteiger partial charge is 0.332 e. The molecule has 1 heterocycles. The number of ether oxygens (including phenoxy) is 2. The van der Waals surface area contributed by atoms with Gasteiger partial charge >= 0.3 is 5.97 Å². The van der Waals surface area contributed by atoms with Gasteiger partial charge in [-0.05, 0) is 6.92 Å². The second-order valence-electron chi connectivity index (χ2n) is 2.83. The molecular weight excluding hydrogens is 180 g/mol. The van der Waals surface area contributed by atoms with Gasteiger partial charge in [-0.25, -0.2) is 4.79 Å². The Labute approximate surface area is 74.7 Å². The largest absolute Gasteiger partial charge is 0.455 e. The van der Waals surface area contributed by atoms with Crippen LogP contribution >= 0.6 is 0 Å². The van der Waals surface area contributed by atoms with Gasteiger partial charge in [0.2, 0.25) is 0 Å². The highest BCUT2D eigenvalue weighted by molar-refractivity contribution is 5.70. The molecule has 0 spiro atoms. The molecule has 76 valence electrons. The zero-order valence-electron chi connectivity index (χ0n) is 7.08. The summed E-state index contributed by atoms with van der Waals surface area (Å²) in [6.45, 7) is 0.792. The van der Waals surface area contributed by atoms with E-state index in [0.717, 1.165) is 0 Å². The normalized spacial score (nSPS) is 39.1. The number of aliphatic hydroxyl groups is 3. The minimum atomic E-state index is -1.34. The quantitative estimate of drug-likeness (QED) is 0.437. The number of rotatable bonds is 2. The fourth-order valence-corrected chi connectivity index (χ4v) is 1.17. The van der Waals surface area contributed by atoms with E-state index < -0.39 is 37.2 Å². The van der Waals surface area contributed by atoms with Gasteiger partial charge in [-0.2, -0.15) is 0 Å². The number of aliphatic hydroxyl groups excluding tert-OH is 3. The predicted molar refractivity (Wildman–Crippen MR) is 39.5 cm³/mol. The molecule has 0 saturated carbocycles. The molecule has 0 bridgehead atoms. The van der Waals surface area contributed by atoms with Gasteiger partial charge in [0, 0.05) is 0 Å². The van der Waals surface area contributed by atoms with Crippen LogP contribution in [0.15, 0.2) is 0 Å². The van der Waals surface area contributed by atoms with Crippen LogP contribution in [0, 0.1) is 0 Å². The Kier molecular flexibility index (Phi) is 3.21. The average Bonchev–Trinajstić information content (AvgIpc) is 2.32. The molecule has 1 fully saturated rings. The highest BCUT2D eigenvalue weighted by Crippen LogP contribution is 2.21. The molecule has 1 rings (SSSR count). The van der Waals surface area contributed by atoms with E-state index in [9.17, 15) is 9.90 Å². The molecule has 0 aliphatic carbocycles. The number of hydrogen-bond acceptors (Lipinski definition) is 6. The summed E-state index contributed by atoms with van der Waals surface area (Å²) in [6, 6.07) is 0. The van der Waals surface area contributed by atoms with Gasteiger partial charge in [0.25, 0.3) is 0 Å². The molecule has 4 unspecified atom stereocenters. The summed E-state index contributed by atoms with van der Waals surface area (Å²) < 4.78 is 9.41. The molecule has 3 N–H and O–H groups in total. The van der Waals surface area contributed by atoms with Gasteiger partial charge < -0.3 is 24.8 Å². The van der Waals surface area contributed by atoms with Gasteiger partial charge in [0.15, 0.2) is 12.4 Å². The van der Waals surface area contributed by atoms with Crippen molar-refractivity contribution in [1.82, 2.24) is 0 Å². The highest BCUT2D eigenvalue weighted by atomic mass is 16.7. The molecule has 0 aromatic carbocycles. The van der Waals surface area contributed by atoms with Crippen LogP contribution in [0.1, 0.15) is 6.92 Å². The third-order valence-electron chi connectivity index (χ3n) is 1.84. The van der Waals surface area contributed by atoms with Crippen LogP contribution in [0.5, 0.6) is 0 Å². The molecule has 6 heteroatoms. The first-order chi connectivity index (χ1) is 6.06. The summed E-state index contributed by atoms with van der Waals surface area (Å²) in [5.74, 6) is -0.853. The second-order valence-corrected chi connectivity index (χ2v) is 2.83. The Morgan fingerprint density at radius 3 is 2.54 bits per heavy atom. The number of hydrogen-bond donors (Lipinski definition) is 3. The Morgan fingerprint density at radius 1 is 1.54 bits per heavy atom. The van der Waals surface area contributed by atoms with Crippen molar-refractivity contribution in [2.45, 2.75) is 31.5 Å². The molecular formula is C7H12O6. The van der Waals surface area contributed by atoms with Gasteiger partial charge in [-0.3, -0.25) is 0 Å². The van der Waals surface area contributed by atoms with Crippen molar-refractivity contribution in [2.24, 2.45) is 0 Å². The zero-order chi connectivity index (χ0) is 10.0. The maximum Gasteiger partial charge on any atom is 0.332 e. The maximum absolute atomic E-state index is 10.6. The molecule has 0 amide bonds. The third kappa shape index (κ3) is 2.16. The Morgan fingerprint density at radius 2 is 2.15 bits per heavy atom. The first-order valence-electron chi connectivity index (χ1n) is 3.88. The Hall–Kier alpha value is -0.690. The topological polar surface area (TPSA) is 96.2 Å². The van der Waals surface area contributed by atoms with Crippen LogP contribution in [-0.2, 0) is 14.3 Å². The lowest BCUT2D eigenvalue weighted by atomic mass is 10.1. The van der Waals surface area contributed by atoms with Gasteiger partial charge in [-0.15, -0.1) is 0 Å². The van der Waals surface area contributed by atoms with E-state index in [1.807, 2.05) is 0 Å². The number of carbonyl (C=O) groups excluding carboxylic acids is 1. The van der Waals surface area contributed by atoms with Crippen LogP contribution in [0.25, 0.3) is 0 Å². The van der Waals surface area contributed by atoms with Crippen LogP contribution in [0.4, 0.5) is 0 Å². The number of carbonyl (C=O) groups is 1. The van der Waals surface area contributed by atoms with E-state index in [0.29, 0.717) is 0 Å². The van der Waals surface area contributed by atoms with Crippen LogP contribution < -0.4 is 0 Å². The molecule has 13 heavy (non-hydrogen) atoms. The van der Waals surface area contributed by atoms with Crippen molar-refractivity contribution in [1.29, 1.82) is 0 Å². The van der Waals surface area contributed by atoms with E-state index in [2.05, 4.69) is 4.74 Å². The molecule has 1 saturated heterocycles. The summed E-state index contributed by atoms with van der Waals surface area (Å²) in [4.78, 5) is 10.6. The first kappa shape index (κ1) is 10.4. The minimum Gasteiger partial charge on any atom is -0.455 e. The summed E-state index contributed by atoms with van der Waals surface area (Å²) in [5, 5.41) is 26.6. The lowest BCUT2D eigenvalue weighted by Gasteiger charge is -2.16. The first-order valence-corrected chi connectivity index (χ1v) is 3.88. The molecule has 0 radical (unpaired) electrons.